The molecule has 0 saturated heterocycles. The molecule has 4 atom stereocenters. The Kier molecular flexibility index (Phi) is 5.80. The van der Waals surface area contributed by atoms with Crippen LogP contribution in [0.3, 0.4) is 0 Å². The lowest BCUT2D eigenvalue weighted by molar-refractivity contribution is -0.148. The number of esters is 1. The average Bonchev–Trinajstić information content (AvgIpc) is 2.78. The number of aliphatic hydroxyl groups is 3. The fraction of sp³-hybridized carbons (Fsp3) is 0.360. The normalized spacial score (nSPS) is 28.0. The zero-order valence-corrected chi connectivity index (χ0v) is 19.1. The molecule has 1 unspecified atom stereocenters. The summed E-state index contributed by atoms with van der Waals surface area (Å²) >= 11 is 0. The van der Waals surface area contributed by atoms with E-state index in [4.69, 9.17) is 10.5 Å². The molecule has 0 bridgehead atoms. The number of Topliss-reactive ketones (excluding diaryl/α,β-unsaturated/α-hetero) is 2. The minimum absolute atomic E-state index is 0.0457. The topological polar surface area (TPSA) is 184 Å². The van der Waals surface area contributed by atoms with E-state index in [0.717, 1.165) is 6.08 Å². The number of benzene rings is 1. The highest BCUT2D eigenvalue weighted by atomic mass is 16.5. The van der Waals surface area contributed by atoms with Crippen molar-refractivity contribution in [2.75, 3.05) is 6.61 Å². The molecule has 10 heteroatoms. The monoisotopic (exact) mass is 483 g/mol. The van der Waals surface area contributed by atoms with Gasteiger partial charge in [-0.05, 0) is 36.8 Å². The predicted octanol–water partition coefficient (Wildman–Crippen LogP) is 1.56. The van der Waals surface area contributed by atoms with Crippen molar-refractivity contribution in [1.29, 1.82) is 0 Å². The molecular formula is C25H25NO9. The summed E-state index contributed by atoms with van der Waals surface area (Å²) in [7, 11) is 0. The van der Waals surface area contributed by atoms with Gasteiger partial charge in [0.1, 0.15) is 22.8 Å². The average molecular weight is 483 g/mol. The number of rotatable bonds is 4. The first-order valence-electron chi connectivity index (χ1n) is 11.1. The van der Waals surface area contributed by atoms with Crippen molar-refractivity contribution in [2.24, 2.45) is 17.6 Å². The van der Waals surface area contributed by atoms with E-state index < -0.39 is 69.6 Å². The molecule has 3 aliphatic rings. The molecular weight excluding hydrogens is 458 g/mol. The van der Waals surface area contributed by atoms with E-state index >= 15 is 0 Å². The lowest BCUT2D eigenvalue weighted by Crippen LogP contribution is -2.58. The molecule has 0 radical (unpaired) electrons. The highest BCUT2D eigenvalue weighted by Crippen LogP contribution is 2.55. The fourth-order valence-corrected chi connectivity index (χ4v) is 5.41. The third-order valence-electron chi connectivity index (χ3n) is 7.16. The van der Waals surface area contributed by atoms with Gasteiger partial charge in [-0.2, -0.15) is 0 Å². The maximum atomic E-state index is 13.6. The molecule has 35 heavy (non-hydrogen) atoms. The summed E-state index contributed by atoms with van der Waals surface area (Å²) in [6.45, 7) is 3.59. The van der Waals surface area contributed by atoms with Crippen molar-refractivity contribution in [1.82, 2.24) is 0 Å². The van der Waals surface area contributed by atoms with Crippen molar-refractivity contribution in [2.45, 2.75) is 38.2 Å². The SMILES string of the molecule is CCOC(=O)/C=C/c1ccc2c(c1O)C(O)=C1C(=O)[C@]3(O)C(O)=C(C(N)=O)C(=O)C[C@@H]3CC1[C@H]2C. The Morgan fingerprint density at radius 3 is 2.54 bits per heavy atom. The van der Waals surface area contributed by atoms with Crippen LogP contribution in [0, 0.1) is 11.8 Å². The van der Waals surface area contributed by atoms with Crippen LogP contribution in [-0.4, -0.2) is 56.1 Å². The van der Waals surface area contributed by atoms with Gasteiger partial charge in [0, 0.05) is 29.6 Å². The number of carbonyl (C=O) groups excluding carboxylic acids is 4. The Hall–Kier alpha value is -3.92. The summed E-state index contributed by atoms with van der Waals surface area (Å²) in [5, 5.41) is 44.0. The summed E-state index contributed by atoms with van der Waals surface area (Å²) < 4.78 is 4.82. The number of phenolic OH excluding ortho intramolecular Hbond substituents is 1. The van der Waals surface area contributed by atoms with E-state index in [1.54, 1.807) is 26.0 Å². The van der Waals surface area contributed by atoms with Gasteiger partial charge < -0.3 is 30.9 Å². The van der Waals surface area contributed by atoms with Crippen molar-refractivity contribution >= 4 is 35.3 Å². The molecule has 0 heterocycles. The van der Waals surface area contributed by atoms with E-state index in [1.165, 1.54) is 6.08 Å². The van der Waals surface area contributed by atoms with E-state index in [0.29, 0.717) is 5.56 Å². The quantitative estimate of drug-likeness (QED) is 0.241. The van der Waals surface area contributed by atoms with Gasteiger partial charge in [0.05, 0.1) is 12.2 Å². The Bertz CT molecular complexity index is 1270. The summed E-state index contributed by atoms with van der Waals surface area (Å²) in [5.41, 5.74) is 2.17. The van der Waals surface area contributed by atoms with Gasteiger partial charge in [0.15, 0.2) is 11.4 Å². The van der Waals surface area contributed by atoms with Gasteiger partial charge in [-0.1, -0.05) is 19.1 Å². The number of phenols is 1. The first-order valence-corrected chi connectivity index (χ1v) is 11.1. The van der Waals surface area contributed by atoms with Crippen LogP contribution in [0.2, 0.25) is 0 Å². The number of fused-ring (bicyclic) bond motifs is 3. The largest absolute Gasteiger partial charge is 0.508 e. The summed E-state index contributed by atoms with van der Waals surface area (Å²) in [6, 6.07) is 3.20. The van der Waals surface area contributed by atoms with Gasteiger partial charge in [-0.25, -0.2) is 4.79 Å². The molecule has 10 nitrogen and oxygen atoms in total. The van der Waals surface area contributed by atoms with Crippen LogP contribution in [0.5, 0.6) is 5.75 Å². The molecule has 0 spiro atoms. The second kappa shape index (κ2) is 8.38. The van der Waals surface area contributed by atoms with E-state index in [-0.39, 0.29) is 36.1 Å². The Morgan fingerprint density at radius 2 is 1.91 bits per heavy atom. The highest BCUT2D eigenvalue weighted by molar-refractivity contribution is 6.22. The molecule has 6 N–H and O–H groups in total. The predicted molar refractivity (Wildman–Crippen MR) is 122 cm³/mol. The van der Waals surface area contributed by atoms with Gasteiger partial charge in [0.2, 0.25) is 5.78 Å². The number of ether oxygens (including phenoxy) is 1. The zero-order valence-electron chi connectivity index (χ0n) is 19.1. The van der Waals surface area contributed by atoms with Crippen LogP contribution < -0.4 is 5.73 Å². The molecule has 3 aliphatic carbocycles. The first-order chi connectivity index (χ1) is 16.4. The molecule has 0 aromatic heterocycles. The molecule has 0 aliphatic heterocycles. The van der Waals surface area contributed by atoms with Crippen molar-refractivity contribution in [3.05, 3.63) is 51.8 Å². The number of carbonyl (C=O) groups is 4. The lowest BCUT2D eigenvalue weighted by Gasteiger charge is -2.47. The molecule has 1 aromatic carbocycles. The fourth-order valence-electron chi connectivity index (χ4n) is 5.41. The van der Waals surface area contributed by atoms with Crippen LogP contribution in [-0.2, 0) is 23.9 Å². The molecule has 1 aromatic rings. The Balaban J connectivity index is 1.87. The number of aromatic hydroxyl groups is 1. The molecule has 184 valence electrons. The van der Waals surface area contributed by atoms with E-state index in [1.807, 2.05) is 0 Å². The minimum atomic E-state index is -2.62. The maximum absolute atomic E-state index is 13.6. The number of nitrogens with two attached hydrogens (primary N) is 1. The number of hydrogen-bond donors (Lipinski definition) is 5. The summed E-state index contributed by atoms with van der Waals surface area (Å²) in [4.78, 5) is 49.4. The van der Waals surface area contributed by atoms with Crippen molar-refractivity contribution in [3.8, 4) is 5.75 Å². The van der Waals surface area contributed by atoms with E-state index in [2.05, 4.69) is 0 Å². The molecule has 1 fully saturated rings. The van der Waals surface area contributed by atoms with Crippen LogP contribution in [0.15, 0.2) is 35.1 Å². The Morgan fingerprint density at radius 1 is 1.23 bits per heavy atom. The van der Waals surface area contributed by atoms with Crippen LogP contribution >= 0.6 is 0 Å². The minimum Gasteiger partial charge on any atom is -0.508 e. The summed E-state index contributed by atoms with van der Waals surface area (Å²) in [6.07, 6.45) is 2.08. The van der Waals surface area contributed by atoms with Crippen molar-refractivity contribution < 1.29 is 44.3 Å². The third-order valence-corrected chi connectivity index (χ3v) is 7.16. The Labute approximate surface area is 200 Å². The standard InChI is InChI=1S/C25H25NO9/c1-3-35-16(28)7-5-11-4-6-13-10(2)14-8-12-9-15(27)19(24(26)33)23(32)25(12,34)22(31)18(14)21(30)17(13)20(11)29/h4-7,10,12,14,29-30,32,34H,3,8-9H2,1-2H3,(H2,26,33)/b7-5+/t10-,12-,14?,25-/m0/s1. The third kappa shape index (κ3) is 3.44. The highest BCUT2D eigenvalue weighted by Gasteiger charge is 2.61. The van der Waals surface area contributed by atoms with Crippen LogP contribution in [0.25, 0.3) is 11.8 Å². The molecule has 4 rings (SSSR count). The zero-order chi connectivity index (χ0) is 25.8. The van der Waals surface area contributed by atoms with Gasteiger partial charge in [-0.3, -0.25) is 14.4 Å². The molecule has 1 saturated carbocycles. The number of ketones is 2. The number of amides is 1. The number of aliphatic hydroxyl groups excluding tert-OH is 2. The van der Waals surface area contributed by atoms with Gasteiger partial charge >= 0.3 is 5.97 Å². The molecule has 1 amide bonds. The maximum Gasteiger partial charge on any atom is 0.330 e. The number of primary amides is 1. The lowest BCUT2D eigenvalue weighted by atomic mass is 9.57. The van der Waals surface area contributed by atoms with Crippen LogP contribution in [0.1, 0.15) is 49.3 Å². The first kappa shape index (κ1) is 24.2. The van der Waals surface area contributed by atoms with Crippen molar-refractivity contribution in [3.63, 3.8) is 0 Å². The van der Waals surface area contributed by atoms with E-state index in [9.17, 15) is 39.6 Å². The smallest absolute Gasteiger partial charge is 0.330 e. The number of hydrogen-bond acceptors (Lipinski definition) is 9. The van der Waals surface area contributed by atoms with Gasteiger partial charge in [-0.15, -0.1) is 0 Å². The second-order valence-corrected chi connectivity index (χ2v) is 8.95. The van der Waals surface area contributed by atoms with Crippen LogP contribution in [0.4, 0.5) is 0 Å². The second-order valence-electron chi connectivity index (χ2n) is 8.95. The summed E-state index contributed by atoms with van der Waals surface area (Å²) in [5.74, 6) is -7.92. The van der Waals surface area contributed by atoms with Gasteiger partial charge in [0.25, 0.3) is 5.91 Å².